The molecule has 0 radical (unpaired) electrons. The van der Waals surface area contributed by atoms with E-state index in [0.717, 1.165) is 12.8 Å². The first kappa shape index (κ1) is 17.9. The van der Waals surface area contributed by atoms with Gasteiger partial charge in [0.1, 0.15) is 6.10 Å². The number of carboxylic acid groups (broad SMARTS) is 1. The second-order valence-electron chi connectivity index (χ2n) is 7.02. The van der Waals surface area contributed by atoms with Gasteiger partial charge in [-0.2, -0.15) is 0 Å². The topological polar surface area (TPSA) is 88.5 Å². The van der Waals surface area contributed by atoms with Gasteiger partial charge in [0, 0.05) is 23.5 Å². The van der Waals surface area contributed by atoms with Crippen molar-refractivity contribution in [1.82, 2.24) is 4.98 Å². The minimum atomic E-state index is -0.985. The van der Waals surface area contributed by atoms with Crippen LogP contribution < -0.4 is 10.1 Å². The van der Waals surface area contributed by atoms with Gasteiger partial charge in [-0.05, 0) is 56.9 Å². The van der Waals surface area contributed by atoms with Gasteiger partial charge in [0.25, 0.3) is 5.91 Å². The number of hydrogen-bond donors (Lipinski definition) is 2. The Hall–Kier alpha value is -2.89. The fourth-order valence-corrected chi connectivity index (χ4v) is 2.57. The van der Waals surface area contributed by atoms with E-state index in [-0.39, 0.29) is 12.0 Å². The third-order valence-electron chi connectivity index (χ3n) is 4.74. The summed E-state index contributed by atoms with van der Waals surface area (Å²) >= 11 is 0. The molecule has 6 nitrogen and oxygen atoms in total. The smallest absolute Gasteiger partial charge is 0.313 e. The van der Waals surface area contributed by atoms with Crippen molar-refractivity contribution in [3.63, 3.8) is 0 Å². The Kier molecular flexibility index (Phi) is 4.93. The van der Waals surface area contributed by atoms with Gasteiger partial charge in [0.15, 0.2) is 0 Å². The third kappa shape index (κ3) is 3.85. The summed E-state index contributed by atoms with van der Waals surface area (Å²) in [6.07, 6.45) is 4.97. The molecule has 136 valence electrons. The van der Waals surface area contributed by atoms with E-state index in [1.807, 2.05) is 0 Å². The molecule has 0 bridgehead atoms. The second-order valence-corrected chi connectivity index (χ2v) is 7.02. The molecule has 1 aliphatic rings. The van der Waals surface area contributed by atoms with E-state index in [9.17, 15) is 14.7 Å². The van der Waals surface area contributed by atoms with E-state index < -0.39 is 11.4 Å². The molecule has 26 heavy (non-hydrogen) atoms. The van der Waals surface area contributed by atoms with Crippen molar-refractivity contribution in [2.75, 3.05) is 5.32 Å². The molecule has 0 spiro atoms. The van der Waals surface area contributed by atoms with Crippen LogP contribution in [0.4, 0.5) is 5.69 Å². The summed E-state index contributed by atoms with van der Waals surface area (Å²) in [5.41, 5.74) is 0.743. The first-order valence-corrected chi connectivity index (χ1v) is 8.64. The largest absolute Gasteiger partial charge is 0.481 e. The Bertz CT molecular complexity index is 811. The predicted molar refractivity (Wildman–Crippen MR) is 97.6 cm³/mol. The van der Waals surface area contributed by atoms with Crippen LogP contribution in [0.1, 0.15) is 49.0 Å². The van der Waals surface area contributed by atoms with Gasteiger partial charge in [0.2, 0.25) is 5.88 Å². The zero-order valence-electron chi connectivity index (χ0n) is 14.9. The number of carbonyl (C=O) groups excluding carboxylic acids is 1. The average molecular weight is 354 g/mol. The number of benzene rings is 1. The van der Waals surface area contributed by atoms with Crippen molar-refractivity contribution in [2.45, 2.75) is 44.6 Å². The summed E-state index contributed by atoms with van der Waals surface area (Å²) in [5, 5.41) is 12.1. The van der Waals surface area contributed by atoms with Gasteiger partial charge in [-0.3, -0.25) is 9.59 Å². The Morgan fingerprint density at radius 2 is 1.88 bits per heavy atom. The van der Waals surface area contributed by atoms with E-state index in [1.54, 1.807) is 56.4 Å². The van der Waals surface area contributed by atoms with Crippen molar-refractivity contribution >= 4 is 17.6 Å². The van der Waals surface area contributed by atoms with Crippen LogP contribution in [0.3, 0.4) is 0 Å². The normalized spacial score (nSPS) is 14.4. The number of carbonyl (C=O) groups is 2. The standard InChI is InChI=1S/C20H22N2O4/c1-20(2,19(24)25)14-6-8-15(9-7-14)22-18(23)13-10-11-21-17(12-13)26-16-4-3-5-16/h6-12,16H,3-5H2,1-2H3,(H,22,23)(H,24,25). The number of nitrogens with one attached hydrogen (secondary N) is 1. The van der Waals surface area contributed by atoms with E-state index in [2.05, 4.69) is 10.3 Å². The minimum Gasteiger partial charge on any atom is -0.481 e. The molecule has 1 fully saturated rings. The molecule has 0 aliphatic heterocycles. The number of aromatic nitrogens is 1. The van der Waals surface area contributed by atoms with Crippen LogP contribution in [0.5, 0.6) is 5.88 Å². The summed E-state index contributed by atoms with van der Waals surface area (Å²) < 4.78 is 5.72. The van der Waals surface area contributed by atoms with Crippen molar-refractivity contribution in [2.24, 2.45) is 0 Å². The Morgan fingerprint density at radius 1 is 1.19 bits per heavy atom. The molecule has 1 aromatic carbocycles. The Labute approximate surface area is 152 Å². The summed E-state index contributed by atoms with van der Waals surface area (Å²) in [7, 11) is 0. The molecule has 2 N–H and O–H groups in total. The van der Waals surface area contributed by atoms with Crippen molar-refractivity contribution in [3.05, 3.63) is 53.7 Å². The fraction of sp³-hybridized carbons (Fsp3) is 0.350. The van der Waals surface area contributed by atoms with Crippen molar-refractivity contribution in [3.8, 4) is 5.88 Å². The van der Waals surface area contributed by atoms with E-state index >= 15 is 0 Å². The number of nitrogens with zero attached hydrogens (tertiary/aromatic N) is 1. The molecule has 0 saturated heterocycles. The zero-order chi connectivity index (χ0) is 18.7. The van der Waals surface area contributed by atoms with Crippen LogP contribution in [0, 0.1) is 0 Å². The molecule has 1 heterocycles. The van der Waals surface area contributed by atoms with Crippen LogP contribution in [0.15, 0.2) is 42.6 Å². The number of amides is 1. The van der Waals surface area contributed by atoms with Gasteiger partial charge in [0.05, 0.1) is 5.41 Å². The number of anilines is 1. The lowest BCUT2D eigenvalue weighted by atomic mass is 9.85. The second kappa shape index (κ2) is 7.15. The molecule has 2 aromatic rings. The number of hydrogen-bond acceptors (Lipinski definition) is 4. The lowest BCUT2D eigenvalue weighted by molar-refractivity contribution is -0.142. The van der Waals surface area contributed by atoms with Gasteiger partial charge >= 0.3 is 5.97 Å². The molecule has 1 aliphatic carbocycles. The van der Waals surface area contributed by atoms with Gasteiger partial charge in [-0.15, -0.1) is 0 Å². The lowest BCUT2D eigenvalue weighted by Gasteiger charge is -2.25. The molecule has 1 amide bonds. The monoisotopic (exact) mass is 354 g/mol. The maximum Gasteiger partial charge on any atom is 0.313 e. The number of ether oxygens (including phenoxy) is 1. The molecule has 0 unspecified atom stereocenters. The lowest BCUT2D eigenvalue weighted by Crippen LogP contribution is -2.28. The van der Waals surface area contributed by atoms with Crippen LogP contribution in [-0.2, 0) is 10.2 Å². The highest BCUT2D eigenvalue weighted by molar-refractivity contribution is 6.04. The summed E-state index contributed by atoms with van der Waals surface area (Å²) in [4.78, 5) is 27.9. The summed E-state index contributed by atoms with van der Waals surface area (Å²) in [5.74, 6) is -0.706. The van der Waals surface area contributed by atoms with Gasteiger partial charge < -0.3 is 15.2 Å². The molecule has 1 saturated carbocycles. The van der Waals surface area contributed by atoms with Crippen LogP contribution in [0.2, 0.25) is 0 Å². The first-order chi connectivity index (χ1) is 12.4. The predicted octanol–water partition coefficient (Wildman–Crippen LogP) is 3.63. The minimum absolute atomic E-state index is 0.200. The van der Waals surface area contributed by atoms with Crippen molar-refractivity contribution in [1.29, 1.82) is 0 Å². The maximum absolute atomic E-state index is 12.4. The number of rotatable bonds is 6. The molecule has 0 atom stereocenters. The highest BCUT2D eigenvalue weighted by Gasteiger charge is 2.29. The maximum atomic E-state index is 12.4. The van der Waals surface area contributed by atoms with Crippen LogP contribution in [-0.4, -0.2) is 28.1 Å². The van der Waals surface area contributed by atoms with E-state index in [1.165, 1.54) is 6.42 Å². The highest BCUT2D eigenvalue weighted by Crippen LogP contribution is 2.26. The summed E-state index contributed by atoms with van der Waals surface area (Å²) in [6, 6.07) is 10.1. The van der Waals surface area contributed by atoms with E-state index in [0.29, 0.717) is 22.7 Å². The molecule has 6 heteroatoms. The van der Waals surface area contributed by atoms with Gasteiger partial charge in [-0.1, -0.05) is 12.1 Å². The van der Waals surface area contributed by atoms with Gasteiger partial charge in [-0.25, -0.2) is 4.98 Å². The SMILES string of the molecule is CC(C)(C(=O)O)c1ccc(NC(=O)c2ccnc(OC3CCC3)c2)cc1. The Morgan fingerprint density at radius 3 is 2.46 bits per heavy atom. The molecular formula is C20H22N2O4. The molecule has 1 aromatic heterocycles. The first-order valence-electron chi connectivity index (χ1n) is 8.64. The quantitative estimate of drug-likeness (QED) is 0.827. The molecule has 3 rings (SSSR count). The molecular weight excluding hydrogens is 332 g/mol. The number of carboxylic acids is 1. The summed E-state index contributed by atoms with van der Waals surface area (Å²) in [6.45, 7) is 3.28. The van der Waals surface area contributed by atoms with Crippen LogP contribution >= 0.6 is 0 Å². The highest BCUT2D eigenvalue weighted by atomic mass is 16.5. The Balaban J connectivity index is 1.68. The van der Waals surface area contributed by atoms with Crippen molar-refractivity contribution < 1.29 is 19.4 Å². The number of aliphatic carboxylic acids is 1. The fourth-order valence-electron chi connectivity index (χ4n) is 2.57. The zero-order valence-corrected chi connectivity index (χ0v) is 14.9. The third-order valence-corrected chi connectivity index (χ3v) is 4.74. The number of pyridine rings is 1. The van der Waals surface area contributed by atoms with E-state index in [4.69, 9.17) is 4.74 Å². The average Bonchev–Trinajstić information content (AvgIpc) is 2.59. The van der Waals surface area contributed by atoms with Crippen LogP contribution in [0.25, 0.3) is 0 Å².